The number of esters is 1. The van der Waals surface area contributed by atoms with Gasteiger partial charge < -0.3 is 4.74 Å². The lowest BCUT2D eigenvalue weighted by atomic mass is 9.73. The lowest BCUT2D eigenvalue weighted by Gasteiger charge is -2.29. The van der Waals surface area contributed by atoms with Gasteiger partial charge in [-0.1, -0.05) is 61.0 Å². The fourth-order valence-corrected chi connectivity index (χ4v) is 3.74. The van der Waals surface area contributed by atoms with Crippen molar-refractivity contribution in [1.29, 1.82) is 0 Å². The number of rotatable bonds is 5. The van der Waals surface area contributed by atoms with Gasteiger partial charge in [-0.15, -0.1) is 0 Å². The van der Waals surface area contributed by atoms with Crippen LogP contribution in [-0.4, -0.2) is 18.4 Å². The minimum atomic E-state index is -0.772. The normalized spacial score (nSPS) is 19.5. The second-order valence-corrected chi connectivity index (χ2v) is 7.08. The van der Waals surface area contributed by atoms with Crippen molar-refractivity contribution in [1.82, 2.24) is 0 Å². The van der Waals surface area contributed by atoms with Crippen molar-refractivity contribution < 1.29 is 14.3 Å². The molecule has 1 aliphatic rings. The van der Waals surface area contributed by atoms with E-state index in [0.29, 0.717) is 6.42 Å². The van der Waals surface area contributed by atoms with Crippen molar-refractivity contribution >= 4 is 17.3 Å². The number of hydrogen-bond donors (Lipinski definition) is 0. The molecule has 2 aromatic carbocycles. The quantitative estimate of drug-likeness (QED) is 0.562. The van der Waals surface area contributed by atoms with Crippen molar-refractivity contribution in [3.63, 3.8) is 0 Å². The van der Waals surface area contributed by atoms with E-state index in [0.717, 1.165) is 28.7 Å². The van der Waals surface area contributed by atoms with Gasteiger partial charge in [-0.25, -0.2) is 0 Å². The van der Waals surface area contributed by atoms with Crippen LogP contribution < -0.4 is 0 Å². The van der Waals surface area contributed by atoms with Crippen LogP contribution in [-0.2, 0) is 20.7 Å². The number of aryl methyl sites for hydroxylation is 2. The molecule has 140 valence electrons. The van der Waals surface area contributed by atoms with E-state index in [4.69, 9.17) is 4.74 Å². The molecule has 0 spiro atoms. The van der Waals surface area contributed by atoms with Crippen LogP contribution in [0.4, 0.5) is 0 Å². The highest BCUT2D eigenvalue weighted by Crippen LogP contribution is 2.40. The summed E-state index contributed by atoms with van der Waals surface area (Å²) in [5, 5.41) is 0. The summed E-state index contributed by atoms with van der Waals surface area (Å²) in [5.74, 6) is -1.57. The molecule has 0 bridgehead atoms. The molecule has 3 nitrogen and oxygen atoms in total. The zero-order chi connectivity index (χ0) is 19.4. The standard InChI is InChI=1S/C24H26O3/c1-4-17-9-11-18(12-10-17)21-14-20(19-8-6-7-16(3)13-19)15-22(25)23(21)24(26)27-5-2/h6-13,15,21,23H,4-5,14H2,1-3H3/t21-,23-/m1/s1. The molecule has 0 saturated heterocycles. The Morgan fingerprint density at radius 3 is 2.48 bits per heavy atom. The molecule has 0 fully saturated rings. The van der Waals surface area contributed by atoms with Gasteiger partial charge in [0.15, 0.2) is 5.78 Å². The number of ketones is 1. The second-order valence-electron chi connectivity index (χ2n) is 7.08. The summed E-state index contributed by atoms with van der Waals surface area (Å²) >= 11 is 0. The first kappa shape index (κ1) is 19.1. The van der Waals surface area contributed by atoms with Crippen molar-refractivity contribution in [2.24, 2.45) is 5.92 Å². The van der Waals surface area contributed by atoms with Crippen molar-refractivity contribution in [3.05, 3.63) is 76.9 Å². The second kappa shape index (κ2) is 8.34. The van der Waals surface area contributed by atoms with E-state index in [-0.39, 0.29) is 18.3 Å². The van der Waals surface area contributed by atoms with Crippen LogP contribution in [0.15, 0.2) is 54.6 Å². The largest absolute Gasteiger partial charge is 0.465 e. The van der Waals surface area contributed by atoms with Crippen molar-refractivity contribution in [2.75, 3.05) is 6.61 Å². The molecule has 3 rings (SSSR count). The van der Waals surface area contributed by atoms with Gasteiger partial charge in [-0.3, -0.25) is 9.59 Å². The van der Waals surface area contributed by atoms with E-state index in [9.17, 15) is 9.59 Å². The molecule has 1 aliphatic carbocycles. The lowest BCUT2D eigenvalue weighted by Crippen LogP contribution is -2.34. The number of ether oxygens (including phenoxy) is 1. The van der Waals surface area contributed by atoms with Crippen LogP contribution in [0.2, 0.25) is 0 Å². The van der Waals surface area contributed by atoms with Gasteiger partial charge in [0.05, 0.1) is 6.61 Å². The molecule has 0 unspecified atom stereocenters. The van der Waals surface area contributed by atoms with Gasteiger partial charge >= 0.3 is 5.97 Å². The summed E-state index contributed by atoms with van der Waals surface area (Å²) < 4.78 is 5.22. The molecule has 3 heteroatoms. The maximum atomic E-state index is 12.9. The average Bonchev–Trinajstić information content (AvgIpc) is 2.67. The summed E-state index contributed by atoms with van der Waals surface area (Å²) in [4.78, 5) is 25.4. The van der Waals surface area contributed by atoms with Gasteiger partial charge in [0.1, 0.15) is 5.92 Å². The summed E-state index contributed by atoms with van der Waals surface area (Å²) in [5.41, 5.74) is 5.42. The minimum Gasteiger partial charge on any atom is -0.465 e. The highest BCUT2D eigenvalue weighted by molar-refractivity contribution is 6.10. The van der Waals surface area contributed by atoms with Crippen LogP contribution in [0.1, 0.15) is 48.4 Å². The molecular formula is C24H26O3. The van der Waals surface area contributed by atoms with Crippen LogP contribution in [0.25, 0.3) is 5.57 Å². The van der Waals surface area contributed by atoms with Crippen LogP contribution in [0.3, 0.4) is 0 Å². The summed E-state index contributed by atoms with van der Waals surface area (Å²) in [6, 6.07) is 16.4. The van der Waals surface area contributed by atoms with Crippen molar-refractivity contribution in [3.8, 4) is 0 Å². The number of allylic oxidation sites excluding steroid dienone is 2. The zero-order valence-electron chi connectivity index (χ0n) is 16.2. The third-order valence-corrected chi connectivity index (χ3v) is 5.21. The fourth-order valence-electron chi connectivity index (χ4n) is 3.74. The summed E-state index contributed by atoms with van der Waals surface area (Å²) in [6.45, 7) is 6.19. The predicted molar refractivity (Wildman–Crippen MR) is 107 cm³/mol. The number of benzene rings is 2. The molecule has 0 aromatic heterocycles. The van der Waals surface area contributed by atoms with Gasteiger partial charge in [0.25, 0.3) is 0 Å². The van der Waals surface area contributed by atoms with Crippen molar-refractivity contribution in [2.45, 2.75) is 39.5 Å². The molecule has 0 aliphatic heterocycles. The van der Waals surface area contributed by atoms with E-state index in [2.05, 4.69) is 25.1 Å². The van der Waals surface area contributed by atoms with Gasteiger partial charge in [-0.2, -0.15) is 0 Å². The highest BCUT2D eigenvalue weighted by Gasteiger charge is 2.39. The Labute approximate surface area is 161 Å². The predicted octanol–water partition coefficient (Wildman–Crippen LogP) is 4.88. The summed E-state index contributed by atoms with van der Waals surface area (Å²) in [6.07, 6.45) is 3.23. The Bertz CT molecular complexity index is 861. The van der Waals surface area contributed by atoms with E-state index < -0.39 is 11.9 Å². The molecule has 0 N–H and O–H groups in total. The average molecular weight is 362 g/mol. The third-order valence-electron chi connectivity index (χ3n) is 5.21. The maximum Gasteiger partial charge on any atom is 0.317 e. The first-order chi connectivity index (χ1) is 13.0. The third kappa shape index (κ3) is 4.19. The molecule has 27 heavy (non-hydrogen) atoms. The summed E-state index contributed by atoms with van der Waals surface area (Å²) in [7, 11) is 0. The first-order valence-electron chi connectivity index (χ1n) is 9.60. The maximum absolute atomic E-state index is 12.9. The number of hydrogen-bond acceptors (Lipinski definition) is 3. The SMILES string of the molecule is CCOC(=O)[C@H]1C(=O)C=C(c2cccc(C)c2)C[C@@H]1c1ccc(CC)cc1. The Hall–Kier alpha value is -2.68. The molecule has 0 radical (unpaired) electrons. The minimum absolute atomic E-state index is 0.166. The molecule has 0 heterocycles. The van der Waals surface area contributed by atoms with E-state index in [1.165, 1.54) is 5.56 Å². The Kier molecular flexibility index (Phi) is 5.90. The Morgan fingerprint density at radius 1 is 1.11 bits per heavy atom. The van der Waals surface area contributed by atoms with E-state index in [1.54, 1.807) is 13.0 Å². The van der Waals surface area contributed by atoms with Gasteiger partial charge in [0, 0.05) is 5.92 Å². The van der Waals surface area contributed by atoms with Gasteiger partial charge in [0.2, 0.25) is 0 Å². The monoisotopic (exact) mass is 362 g/mol. The highest BCUT2D eigenvalue weighted by atomic mass is 16.5. The Morgan fingerprint density at radius 2 is 1.85 bits per heavy atom. The zero-order valence-corrected chi connectivity index (χ0v) is 16.2. The number of carbonyl (C=O) groups is 2. The van der Waals surface area contributed by atoms with Crippen LogP contribution in [0, 0.1) is 12.8 Å². The molecule has 2 atom stereocenters. The molecular weight excluding hydrogens is 336 g/mol. The van der Waals surface area contributed by atoms with E-state index in [1.807, 2.05) is 37.3 Å². The van der Waals surface area contributed by atoms with Crippen LogP contribution in [0.5, 0.6) is 0 Å². The molecule has 0 amide bonds. The molecule has 0 saturated carbocycles. The Balaban J connectivity index is 2.01. The lowest BCUT2D eigenvalue weighted by molar-refractivity contribution is -0.151. The van der Waals surface area contributed by atoms with E-state index >= 15 is 0 Å². The molecule has 2 aromatic rings. The van der Waals surface area contributed by atoms with Crippen LogP contribution >= 0.6 is 0 Å². The fraction of sp³-hybridized carbons (Fsp3) is 0.333. The van der Waals surface area contributed by atoms with Gasteiger partial charge in [-0.05, 0) is 55.0 Å². The topological polar surface area (TPSA) is 43.4 Å². The first-order valence-corrected chi connectivity index (χ1v) is 9.60. The number of carbonyl (C=O) groups excluding carboxylic acids is 2. The smallest absolute Gasteiger partial charge is 0.317 e.